The van der Waals surface area contributed by atoms with Gasteiger partial charge in [-0.2, -0.15) is 0 Å². The highest BCUT2D eigenvalue weighted by atomic mass is 16.7. The molecule has 1 fully saturated rings. The van der Waals surface area contributed by atoms with Crippen molar-refractivity contribution in [3.8, 4) is 28.5 Å². The lowest BCUT2D eigenvalue weighted by atomic mass is 10.1. The molecule has 0 saturated carbocycles. The van der Waals surface area contributed by atoms with Crippen molar-refractivity contribution in [3.63, 3.8) is 0 Å². The smallest absolute Gasteiger partial charge is 0.293 e. The van der Waals surface area contributed by atoms with Gasteiger partial charge in [0, 0.05) is 12.2 Å². The number of nitrogens with one attached hydrogen (secondary N) is 3. The third-order valence-electron chi connectivity index (χ3n) is 5.98. The molecular formula is C27H35N5O6. The topological polar surface area (TPSA) is 137 Å². The minimum Gasteiger partial charge on any atom is -0.493 e. The van der Waals surface area contributed by atoms with Crippen LogP contribution in [0.5, 0.6) is 17.2 Å². The molecule has 3 N–H and O–H groups in total. The molecule has 1 amide bonds. The Labute approximate surface area is 221 Å². The van der Waals surface area contributed by atoms with Gasteiger partial charge in [0.05, 0.1) is 23.3 Å². The molecule has 4 heterocycles. The SMILES string of the molecule is CC(C)(C)OC=O.CCCOc1ccc2c(c1-c1ncnc3c(C(=O)NC4CCNCC4)c[nH]c13)OCO2. The van der Waals surface area contributed by atoms with Crippen molar-refractivity contribution in [1.82, 2.24) is 25.6 Å². The van der Waals surface area contributed by atoms with E-state index >= 15 is 0 Å². The molecule has 3 aromatic rings. The first kappa shape index (κ1) is 27.2. The zero-order valence-electron chi connectivity index (χ0n) is 22.3. The third-order valence-corrected chi connectivity index (χ3v) is 5.98. The van der Waals surface area contributed by atoms with Gasteiger partial charge in [-0.05, 0) is 65.3 Å². The van der Waals surface area contributed by atoms with Gasteiger partial charge in [-0.15, -0.1) is 0 Å². The average molecular weight is 526 g/mol. The summed E-state index contributed by atoms with van der Waals surface area (Å²) < 4.78 is 21.8. The molecular weight excluding hydrogens is 490 g/mol. The van der Waals surface area contributed by atoms with Gasteiger partial charge in [-0.25, -0.2) is 9.97 Å². The van der Waals surface area contributed by atoms with Crippen LogP contribution in [0, 0.1) is 0 Å². The molecule has 5 rings (SSSR count). The molecule has 0 atom stereocenters. The lowest BCUT2D eigenvalue weighted by Crippen LogP contribution is -2.42. The number of hydrogen-bond donors (Lipinski definition) is 3. The zero-order valence-corrected chi connectivity index (χ0v) is 22.3. The number of nitrogens with zero attached hydrogens (tertiary/aromatic N) is 2. The molecule has 11 nitrogen and oxygen atoms in total. The highest BCUT2D eigenvalue weighted by Gasteiger charge is 2.27. The van der Waals surface area contributed by atoms with E-state index in [-0.39, 0.29) is 24.3 Å². The second kappa shape index (κ2) is 12.1. The summed E-state index contributed by atoms with van der Waals surface area (Å²) in [7, 11) is 0. The minimum atomic E-state index is -0.318. The van der Waals surface area contributed by atoms with Gasteiger partial charge < -0.3 is 34.6 Å². The van der Waals surface area contributed by atoms with Crippen LogP contribution in [0.2, 0.25) is 0 Å². The lowest BCUT2D eigenvalue weighted by Gasteiger charge is -2.23. The Morgan fingerprint density at radius 2 is 2.00 bits per heavy atom. The van der Waals surface area contributed by atoms with Crippen LogP contribution in [0.25, 0.3) is 22.3 Å². The first-order valence-electron chi connectivity index (χ1n) is 12.8. The molecule has 1 aromatic carbocycles. The molecule has 2 aromatic heterocycles. The molecule has 204 valence electrons. The Morgan fingerprint density at radius 3 is 2.68 bits per heavy atom. The van der Waals surface area contributed by atoms with Gasteiger partial charge in [0.2, 0.25) is 6.79 Å². The number of rotatable bonds is 7. The number of carbonyl (C=O) groups excluding carboxylic acids is 2. The Hall–Kier alpha value is -3.86. The van der Waals surface area contributed by atoms with Gasteiger partial charge in [0.25, 0.3) is 12.4 Å². The molecule has 11 heteroatoms. The lowest BCUT2D eigenvalue weighted by molar-refractivity contribution is -0.138. The second-order valence-corrected chi connectivity index (χ2v) is 9.99. The Balaban J connectivity index is 0.000000426. The number of amides is 1. The Kier molecular flexibility index (Phi) is 8.67. The summed E-state index contributed by atoms with van der Waals surface area (Å²) in [5.41, 5.74) is 2.71. The summed E-state index contributed by atoms with van der Waals surface area (Å²) in [5.74, 6) is 1.74. The van der Waals surface area contributed by atoms with E-state index in [1.54, 1.807) is 6.20 Å². The summed E-state index contributed by atoms with van der Waals surface area (Å²) in [6.45, 7) is 10.5. The second-order valence-electron chi connectivity index (χ2n) is 9.99. The zero-order chi connectivity index (χ0) is 27.1. The van der Waals surface area contributed by atoms with Crippen molar-refractivity contribution in [2.45, 2.75) is 58.6 Å². The molecule has 0 spiro atoms. The summed E-state index contributed by atoms with van der Waals surface area (Å²) in [4.78, 5) is 34.7. The maximum atomic E-state index is 12.9. The largest absolute Gasteiger partial charge is 0.493 e. The van der Waals surface area contributed by atoms with Gasteiger partial charge in [-0.1, -0.05) is 6.92 Å². The number of aromatic nitrogens is 3. The molecule has 0 radical (unpaired) electrons. The molecule has 2 aliphatic heterocycles. The van der Waals surface area contributed by atoms with Crippen LogP contribution in [0.4, 0.5) is 0 Å². The fourth-order valence-electron chi connectivity index (χ4n) is 4.19. The number of hydrogen-bond acceptors (Lipinski definition) is 9. The van der Waals surface area contributed by atoms with E-state index in [2.05, 4.69) is 30.3 Å². The van der Waals surface area contributed by atoms with Crippen LogP contribution < -0.4 is 24.8 Å². The van der Waals surface area contributed by atoms with E-state index in [1.807, 2.05) is 39.8 Å². The van der Waals surface area contributed by atoms with Crippen LogP contribution in [0.15, 0.2) is 24.7 Å². The number of fused-ring (bicyclic) bond motifs is 2. The normalized spacial score (nSPS) is 14.9. The number of benzene rings is 1. The van der Waals surface area contributed by atoms with Crippen LogP contribution in [-0.4, -0.2) is 65.5 Å². The fourth-order valence-corrected chi connectivity index (χ4v) is 4.19. The standard InChI is InChI=1S/C22H25N5O4.C5H10O2/c1-2-9-29-15-3-4-16-21(31-12-30-16)17(15)19-20-18(25-11-26-19)14(10-24-20)22(28)27-13-5-7-23-8-6-13;1-5(2,3)7-4-6/h3-4,10-11,13,23-24H,2,5-9,12H2,1H3,(H,27,28);4H,1-3H3. The minimum absolute atomic E-state index is 0.136. The Bertz CT molecular complexity index is 1260. The number of H-pyrrole nitrogens is 1. The summed E-state index contributed by atoms with van der Waals surface area (Å²) in [6.07, 6.45) is 5.86. The van der Waals surface area contributed by atoms with Crippen molar-refractivity contribution < 1.29 is 28.5 Å². The van der Waals surface area contributed by atoms with E-state index in [4.69, 9.17) is 14.2 Å². The summed E-state index contributed by atoms with van der Waals surface area (Å²) >= 11 is 0. The molecule has 0 bridgehead atoms. The molecule has 2 aliphatic rings. The number of piperidine rings is 1. The van der Waals surface area contributed by atoms with Crippen LogP contribution in [0.1, 0.15) is 57.3 Å². The molecule has 1 saturated heterocycles. The van der Waals surface area contributed by atoms with Gasteiger partial charge in [0.1, 0.15) is 28.9 Å². The van der Waals surface area contributed by atoms with Crippen molar-refractivity contribution in [1.29, 1.82) is 0 Å². The maximum absolute atomic E-state index is 12.9. The van der Waals surface area contributed by atoms with Crippen molar-refractivity contribution in [2.24, 2.45) is 0 Å². The Morgan fingerprint density at radius 1 is 1.21 bits per heavy atom. The predicted octanol–water partition coefficient (Wildman–Crippen LogP) is 3.58. The highest BCUT2D eigenvalue weighted by molar-refractivity contribution is 6.08. The van der Waals surface area contributed by atoms with Crippen molar-refractivity contribution >= 4 is 23.4 Å². The summed E-state index contributed by atoms with van der Waals surface area (Å²) in [5, 5.41) is 6.43. The van der Waals surface area contributed by atoms with E-state index in [1.165, 1.54) is 6.33 Å². The van der Waals surface area contributed by atoms with E-state index in [0.29, 0.717) is 58.2 Å². The quantitative estimate of drug-likeness (QED) is 0.395. The van der Waals surface area contributed by atoms with Crippen molar-refractivity contribution in [2.75, 3.05) is 26.5 Å². The van der Waals surface area contributed by atoms with E-state index in [9.17, 15) is 9.59 Å². The average Bonchev–Trinajstić information content (AvgIpc) is 3.55. The van der Waals surface area contributed by atoms with Gasteiger partial charge >= 0.3 is 0 Å². The van der Waals surface area contributed by atoms with Crippen LogP contribution in [0.3, 0.4) is 0 Å². The van der Waals surface area contributed by atoms with Crippen LogP contribution >= 0.6 is 0 Å². The number of ether oxygens (including phenoxy) is 4. The monoisotopic (exact) mass is 525 g/mol. The van der Waals surface area contributed by atoms with Crippen LogP contribution in [-0.2, 0) is 9.53 Å². The van der Waals surface area contributed by atoms with E-state index < -0.39 is 0 Å². The third kappa shape index (κ3) is 6.34. The molecule has 0 aliphatic carbocycles. The number of aromatic amines is 1. The predicted molar refractivity (Wildman–Crippen MR) is 141 cm³/mol. The summed E-state index contributed by atoms with van der Waals surface area (Å²) in [6, 6.07) is 3.86. The van der Waals surface area contributed by atoms with E-state index in [0.717, 1.165) is 32.4 Å². The van der Waals surface area contributed by atoms with Gasteiger partial charge in [0.15, 0.2) is 11.5 Å². The van der Waals surface area contributed by atoms with Gasteiger partial charge in [-0.3, -0.25) is 9.59 Å². The first-order valence-corrected chi connectivity index (χ1v) is 12.8. The molecule has 0 unspecified atom stereocenters. The number of carbonyl (C=O) groups is 2. The fraction of sp³-hybridized carbons (Fsp3) is 0.481. The maximum Gasteiger partial charge on any atom is 0.293 e. The van der Waals surface area contributed by atoms with Crippen molar-refractivity contribution in [3.05, 3.63) is 30.2 Å². The highest BCUT2D eigenvalue weighted by Crippen LogP contribution is 2.47. The first-order chi connectivity index (χ1) is 18.3. The molecule has 38 heavy (non-hydrogen) atoms.